The average Bonchev–Trinajstić information content (AvgIpc) is 3.12. The highest BCUT2D eigenvalue weighted by atomic mass is 15.2. The third-order valence-electron chi connectivity index (χ3n) is 5.03. The van der Waals surface area contributed by atoms with E-state index in [0.717, 1.165) is 18.0 Å². The fourth-order valence-electron chi connectivity index (χ4n) is 3.73. The molecule has 0 saturated heterocycles. The van der Waals surface area contributed by atoms with Crippen molar-refractivity contribution in [2.24, 2.45) is 11.3 Å². The third-order valence-corrected chi connectivity index (χ3v) is 5.03. The van der Waals surface area contributed by atoms with E-state index in [9.17, 15) is 0 Å². The van der Waals surface area contributed by atoms with Gasteiger partial charge in [0.2, 0.25) is 0 Å². The van der Waals surface area contributed by atoms with E-state index in [1.807, 2.05) is 0 Å². The van der Waals surface area contributed by atoms with Gasteiger partial charge in [-0.05, 0) is 56.5 Å². The fourth-order valence-corrected chi connectivity index (χ4v) is 3.73. The normalized spacial score (nSPS) is 31.2. The molecule has 2 nitrogen and oxygen atoms in total. The average molecular weight is 252 g/mol. The highest BCUT2D eigenvalue weighted by Crippen LogP contribution is 2.42. The molecular weight excluding hydrogens is 220 g/mol. The van der Waals surface area contributed by atoms with Gasteiger partial charge in [0.1, 0.15) is 0 Å². The van der Waals surface area contributed by atoms with Crippen LogP contribution in [-0.4, -0.2) is 36.6 Å². The molecule has 2 aliphatic rings. The van der Waals surface area contributed by atoms with Gasteiger partial charge < -0.3 is 10.2 Å². The lowest BCUT2D eigenvalue weighted by Gasteiger charge is -2.34. The van der Waals surface area contributed by atoms with Crippen LogP contribution in [0.15, 0.2) is 0 Å². The lowest BCUT2D eigenvalue weighted by molar-refractivity contribution is 0.183. The molecule has 2 unspecified atom stereocenters. The molecule has 2 fully saturated rings. The maximum Gasteiger partial charge on any atom is 0.0159 e. The molecule has 2 atom stereocenters. The zero-order valence-electron chi connectivity index (χ0n) is 12.8. The van der Waals surface area contributed by atoms with Crippen LogP contribution in [0.2, 0.25) is 0 Å². The predicted octanol–water partition coefficient (Wildman–Crippen LogP) is 3.28. The van der Waals surface area contributed by atoms with Crippen molar-refractivity contribution < 1.29 is 0 Å². The molecule has 0 aromatic rings. The molecule has 0 bridgehead atoms. The molecular formula is C16H32N2. The minimum atomic E-state index is 0.489. The van der Waals surface area contributed by atoms with Crippen LogP contribution in [0.4, 0.5) is 0 Å². The monoisotopic (exact) mass is 252 g/mol. The Kier molecular flexibility index (Phi) is 4.71. The van der Waals surface area contributed by atoms with Gasteiger partial charge in [0.15, 0.2) is 0 Å². The number of nitrogens with zero attached hydrogens (tertiary/aromatic N) is 1. The SMILES string of the molecule is CCCNC1C(CN(CC)C2CC2)CCC1(C)C. The number of nitrogens with one attached hydrogen (secondary N) is 1. The molecule has 2 aliphatic carbocycles. The number of hydrogen-bond donors (Lipinski definition) is 1. The summed E-state index contributed by atoms with van der Waals surface area (Å²) in [5.41, 5.74) is 0.489. The zero-order valence-corrected chi connectivity index (χ0v) is 12.8. The standard InChI is InChI=1S/C16H32N2/c1-5-11-17-15-13(9-10-16(15,3)4)12-18(6-2)14-7-8-14/h13-15,17H,5-12H2,1-4H3. The maximum atomic E-state index is 3.83. The van der Waals surface area contributed by atoms with Gasteiger partial charge in [0.25, 0.3) is 0 Å². The molecule has 0 aromatic heterocycles. The Balaban J connectivity index is 1.92. The largest absolute Gasteiger partial charge is 0.313 e. The predicted molar refractivity (Wildman–Crippen MR) is 78.9 cm³/mol. The second-order valence-electron chi connectivity index (χ2n) is 7.04. The van der Waals surface area contributed by atoms with Crippen molar-refractivity contribution in [3.63, 3.8) is 0 Å². The Morgan fingerprint density at radius 2 is 1.89 bits per heavy atom. The first-order valence-electron chi connectivity index (χ1n) is 8.06. The summed E-state index contributed by atoms with van der Waals surface area (Å²) in [5, 5.41) is 3.83. The highest BCUT2D eigenvalue weighted by molar-refractivity contribution is 4.98. The Morgan fingerprint density at radius 1 is 1.17 bits per heavy atom. The first-order valence-corrected chi connectivity index (χ1v) is 8.06. The van der Waals surface area contributed by atoms with Crippen molar-refractivity contribution in [1.29, 1.82) is 0 Å². The minimum Gasteiger partial charge on any atom is -0.313 e. The molecule has 0 spiro atoms. The van der Waals surface area contributed by atoms with E-state index in [0.29, 0.717) is 5.41 Å². The number of hydrogen-bond acceptors (Lipinski definition) is 2. The summed E-state index contributed by atoms with van der Waals surface area (Å²) in [6, 6.07) is 1.65. The molecule has 0 radical (unpaired) electrons. The Bertz CT molecular complexity index is 258. The van der Waals surface area contributed by atoms with Gasteiger partial charge in [0.05, 0.1) is 0 Å². The van der Waals surface area contributed by atoms with Crippen LogP contribution in [0.3, 0.4) is 0 Å². The van der Waals surface area contributed by atoms with E-state index >= 15 is 0 Å². The summed E-state index contributed by atoms with van der Waals surface area (Å²) in [5.74, 6) is 0.868. The smallest absolute Gasteiger partial charge is 0.0159 e. The molecule has 106 valence electrons. The Morgan fingerprint density at radius 3 is 2.44 bits per heavy atom. The van der Waals surface area contributed by atoms with Gasteiger partial charge >= 0.3 is 0 Å². The number of rotatable bonds is 7. The topological polar surface area (TPSA) is 15.3 Å². The van der Waals surface area contributed by atoms with Crippen LogP contribution in [0.25, 0.3) is 0 Å². The molecule has 2 heteroatoms. The summed E-state index contributed by atoms with van der Waals surface area (Å²) < 4.78 is 0. The van der Waals surface area contributed by atoms with Crippen molar-refractivity contribution in [3.8, 4) is 0 Å². The fraction of sp³-hybridized carbons (Fsp3) is 1.00. The van der Waals surface area contributed by atoms with E-state index in [1.165, 1.54) is 51.7 Å². The first-order chi connectivity index (χ1) is 8.58. The molecule has 0 aromatic carbocycles. The molecule has 18 heavy (non-hydrogen) atoms. The zero-order chi connectivity index (χ0) is 13.2. The first kappa shape index (κ1) is 14.3. The minimum absolute atomic E-state index is 0.489. The van der Waals surface area contributed by atoms with E-state index in [2.05, 4.69) is 37.9 Å². The van der Waals surface area contributed by atoms with Gasteiger partial charge in [-0.15, -0.1) is 0 Å². The van der Waals surface area contributed by atoms with Crippen LogP contribution in [0.5, 0.6) is 0 Å². The van der Waals surface area contributed by atoms with Crippen molar-refractivity contribution in [3.05, 3.63) is 0 Å². The summed E-state index contributed by atoms with van der Waals surface area (Å²) in [7, 11) is 0. The van der Waals surface area contributed by atoms with Gasteiger partial charge in [-0.25, -0.2) is 0 Å². The summed E-state index contributed by atoms with van der Waals surface area (Å²) >= 11 is 0. The van der Waals surface area contributed by atoms with Gasteiger partial charge in [0, 0.05) is 18.6 Å². The lowest BCUT2D eigenvalue weighted by Crippen LogP contribution is -2.46. The van der Waals surface area contributed by atoms with Crippen molar-refractivity contribution in [2.75, 3.05) is 19.6 Å². The second kappa shape index (κ2) is 5.92. The molecule has 2 saturated carbocycles. The van der Waals surface area contributed by atoms with Crippen LogP contribution < -0.4 is 5.32 Å². The van der Waals surface area contributed by atoms with Crippen molar-refractivity contribution in [1.82, 2.24) is 10.2 Å². The van der Waals surface area contributed by atoms with E-state index in [1.54, 1.807) is 0 Å². The molecule has 0 heterocycles. The van der Waals surface area contributed by atoms with Crippen molar-refractivity contribution in [2.45, 2.75) is 71.9 Å². The molecule has 1 N–H and O–H groups in total. The van der Waals surface area contributed by atoms with Crippen LogP contribution in [0.1, 0.15) is 59.8 Å². The van der Waals surface area contributed by atoms with E-state index < -0.39 is 0 Å². The van der Waals surface area contributed by atoms with Gasteiger partial charge in [-0.2, -0.15) is 0 Å². The second-order valence-corrected chi connectivity index (χ2v) is 7.04. The highest BCUT2D eigenvalue weighted by Gasteiger charge is 2.42. The lowest BCUT2D eigenvalue weighted by atomic mass is 9.84. The summed E-state index contributed by atoms with van der Waals surface area (Å²) in [6.45, 7) is 13.2. The van der Waals surface area contributed by atoms with Crippen LogP contribution in [-0.2, 0) is 0 Å². The van der Waals surface area contributed by atoms with E-state index in [-0.39, 0.29) is 0 Å². The Hall–Kier alpha value is -0.0800. The summed E-state index contributed by atoms with van der Waals surface area (Å²) in [6.07, 6.45) is 6.94. The van der Waals surface area contributed by atoms with Crippen LogP contribution >= 0.6 is 0 Å². The van der Waals surface area contributed by atoms with Gasteiger partial charge in [-0.1, -0.05) is 27.7 Å². The summed E-state index contributed by atoms with van der Waals surface area (Å²) in [4.78, 5) is 2.73. The van der Waals surface area contributed by atoms with Crippen LogP contribution in [0, 0.1) is 11.3 Å². The Labute approximate surface area is 114 Å². The molecule has 0 amide bonds. The molecule has 2 rings (SSSR count). The van der Waals surface area contributed by atoms with Gasteiger partial charge in [-0.3, -0.25) is 0 Å². The maximum absolute atomic E-state index is 3.83. The third kappa shape index (κ3) is 3.27. The van der Waals surface area contributed by atoms with Crippen molar-refractivity contribution >= 4 is 0 Å². The molecule has 0 aliphatic heterocycles. The van der Waals surface area contributed by atoms with E-state index in [4.69, 9.17) is 0 Å². The quantitative estimate of drug-likeness (QED) is 0.748.